The van der Waals surface area contributed by atoms with Gasteiger partial charge >= 0.3 is 5.69 Å². The van der Waals surface area contributed by atoms with Gasteiger partial charge in [-0.2, -0.15) is 0 Å². The van der Waals surface area contributed by atoms with Crippen LogP contribution < -0.4 is 10.2 Å². The van der Waals surface area contributed by atoms with Crippen molar-refractivity contribution in [1.82, 2.24) is 5.32 Å². The van der Waals surface area contributed by atoms with Crippen molar-refractivity contribution in [2.75, 3.05) is 18.0 Å². The second-order valence-corrected chi connectivity index (χ2v) is 5.08. The van der Waals surface area contributed by atoms with Crippen molar-refractivity contribution in [1.29, 1.82) is 0 Å². The van der Waals surface area contributed by atoms with Gasteiger partial charge in [0, 0.05) is 25.2 Å². The molecule has 1 aliphatic rings. The van der Waals surface area contributed by atoms with Crippen LogP contribution in [0, 0.1) is 10.1 Å². The van der Waals surface area contributed by atoms with E-state index in [-0.39, 0.29) is 16.8 Å². The van der Waals surface area contributed by atoms with E-state index in [0.717, 1.165) is 13.1 Å². The summed E-state index contributed by atoms with van der Waals surface area (Å²) in [6.45, 7) is 5.66. The second-order valence-electron chi connectivity index (χ2n) is 4.68. The van der Waals surface area contributed by atoms with Gasteiger partial charge in [0.1, 0.15) is 10.7 Å². The van der Waals surface area contributed by atoms with Gasteiger partial charge in [0.15, 0.2) is 0 Å². The lowest BCUT2D eigenvalue weighted by Crippen LogP contribution is -2.54. The van der Waals surface area contributed by atoms with Crippen molar-refractivity contribution >= 4 is 23.0 Å². The Bertz CT molecular complexity index is 467. The van der Waals surface area contributed by atoms with Gasteiger partial charge in [-0.05, 0) is 26.0 Å². The maximum Gasteiger partial charge on any atom is 0.310 e. The Balaban J connectivity index is 2.43. The number of halogens is 1. The highest BCUT2D eigenvalue weighted by Crippen LogP contribution is 2.36. The molecule has 1 N–H and O–H groups in total. The van der Waals surface area contributed by atoms with E-state index >= 15 is 0 Å². The van der Waals surface area contributed by atoms with Crippen molar-refractivity contribution in [2.24, 2.45) is 0 Å². The molecule has 18 heavy (non-hydrogen) atoms. The highest BCUT2D eigenvalue weighted by molar-refractivity contribution is 6.33. The molecule has 1 heterocycles. The molecule has 1 aliphatic heterocycles. The van der Waals surface area contributed by atoms with Crippen molar-refractivity contribution < 1.29 is 4.92 Å². The monoisotopic (exact) mass is 269 g/mol. The minimum Gasteiger partial charge on any atom is -0.360 e. The van der Waals surface area contributed by atoms with Gasteiger partial charge in [0.05, 0.1) is 4.92 Å². The molecule has 0 aromatic heterocycles. The highest BCUT2D eigenvalue weighted by Gasteiger charge is 2.29. The smallest absolute Gasteiger partial charge is 0.310 e. The molecule has 98 valence electrons. The SMILES string of the molecule is CC1CN(c2cccc(Cl)c2[N+](=O)[O-])C(C)CN1. The van der Waals surface area contributed by atoms with Crippen LogP contribution in [-0.4, -0.2) is 30.1 Å². The van der Waals surface area contributed by atoms with Gasteiger partial charge in [0.2, 0.25) is 0 Å². The van der Waals surface area contributed by atoms with Crippen LogP contribution in [0.2, 0.25) is 5.02 Å². The van der Waals surface area contributed by atoms with E-state index in [1.165, 1.54) is 0 Å². The molecular weight excluding hydrogens is 254 g/mol. The summed E-state index contributed by atoms with van der Waals surface area (Å²) in [5.41, 5.74) is 0.605. The van der Waals surface area contributed by atoms with Gasteiger partial charge in [-0.1, -0.05) is 17.7 Å². The number of rotatable bonds is 2. The van der Waals surface area contributed by atoms with Crippen LogP contribution in [0.4, 0.5) is 11.4 Å². The molecule has 2 rings (SSSR count). The van der Waals surface area contributed by atoms with E-state index in [2.05, 4.69) is 12.2 Å². The van der Waals surface area contributed by atoms with Gasteiger partial charge in [-0.3, -0.25) is 10.1 Å². The number of anilines is 1. The Hall–Kier alpha value is -1.33. The Morgan fingerprint density at radius 2 is 2.22 bits per heavy atom. The third kappa shape index (κ3) is 2.42. The van der Waals surface area contributed by atoms with Crippen LogP contribution in [0.1, 0.15) is 13.8 Å². The number of benzene rings is 1. The largest absolute Gasteiger partial charge is 0.360 e. The molecule has 0 spiro atoms. The normalized spacial score (nSPS) is 24.1. The lowest BCUT2D eigenvalue weighted by Gasteiger charge is -2.38. The van der Waals surface area contributed by atoms with Crippen LogP contribution >= 0.6 is 11.6 Å². The fraction of sp³-hybridized carbons (Fsp3) is 0.500. The Kier molecular flexibility index (Phi) is 3.73. The summed E-state index contributed by atoms with van der Waals surface area (Å²) in [5.74, 6) is 0. The van der Waals surface area contributed by atoms with Gasteiger partial charge in [-0.15, -0.1) is 0 Å². The average Bonchev–Trinajstić information content (AvgIpc) is 2.31. The maximum absolute atomic E-state index is 11.2. The number of piperazine rings is 1. The number of nitro benzene ring substituents is 1. The van der Waals surface area contributed by atoms with Crippen molar-refractivity contribution in [3.05, 3.63) is 33.3 Å². The molecule has 0 saturated carbocycles. The van der Waals surface area contributed by atoms with Crippen LogP contribution in [0.25, 0.3) is 0 Å². The van der Waals surface area contributed by atoms with Crippen LogP contribution in [-0.2, 0) is 0 Å². The number of nitrogens with one attached hydrogen (secondary N) is 1. The summed E-state index contributed by atoms with van der Waals surface area (Å²) in [4.78, 5) is 12.8. The lowest BCUT2D eigenvalue weighted by atomic mass is 10.1. The molecule has 1 saturated heterocycles. The molecule has 1 fully saturated rings. The summed E-state index contributed by atoms with van der Waals surface area (Å²) in [7, 11) is 0. The van der Waals surface area contributed by atoms with E-state index in [0.29, 0.717) is 11.7 Å². The molecule has 0 radical (unpaired) electrons. The molecule has 0 amide bonds. The minimum atomic E-state index is -0.406. The van der Waals surface area contributed by atoms with Crippen LogP contribution in [0.5, 0.6) is 0 Å². The highest BCUT2D eigenvalue weighted by atomic mass is 35.5. The average molecular weight is 270 g/mol. The summed E-state index contributed by atoms with van der Waals surface area (Å²) >= 11 is 5.94. The van der Waals surface area contributed by atoms with Crippen molar-refractivity contribution in [2.45, 2.75) is 25.9 Å². The summed E-state index contributed by atoms with van der Waals surface area (Å²) in [5, 5.41) is 14.7. The molecule has 5 nitrogen and oxygen atoms in total. The van der Waals surface area contributed by atoms with E-state index in [4.69, 9.17) is 11.6 Å². The Morgan fingerprint density at radius 1 is 1.50 bits per heavy atom. The van der Waals surface area contributed by atoms with Crippen molar-refractivity contribution in [3.8, 4) is 0 Å². The topological polar surface area (TPSA) is 58.4 Å². The van der Waals surface area contributed by atoms with E-state index in [9.17, 15) is 10.1 Å². The Labute approximate surface area is 111 Å². The fourth-order valence-electron chi connectivity index (χ4n) is 2.27. The van der Waals surface area contributed by atoms with E-state index in [1.54, 1.807) is 18.2 Å². The third-order valence-corrected chi connectivity index (χ3v) is 3.53. The number of para-hydroxylation sites is 1. The van der Waals surface area contributed by atoms with Crippen LogP contribution in [0.15, 0.2) is 18.2 Å². The summed E-state index contributed by atoms with van der Waals surface area (Å²) in [6, 6.07) is 5.58. The van der Waals surface area contributed by atoms with Crippen molar-refractivity contribution in [3.63, 3.8) is 0 Å². The molecule has 2 unspecified atom stereocenters. The van der Waals surface area contributed by atoms with Gasteiger partial charge < -0.3 is 10.2 Å². The zero-order chi connectivity index (χ0) is 13.3. The number of nitro groups is 1. The first-order valence-electron chi connectivity index (χ1n) is 5.93. The Morgan fingerprint density at radius 3 is 2.89 bits per heavy atom. The van der Waals surface area contributed by atoms with E-state index in [1.807, 2.05) is 11.8 Å². The second kappa shape index (κ2) is 5.12. The summed E-state index contributed by atoms with van der Waals surface area (Å²) < 4.78 is 0. The first-order chi connectivity index (χ1) is 8.50. The molecular formula is C12H16ClN3O2. The standard InChI is InChI=1S/C12H16ClN3O2/c1-8-7-15(9(2)6-14-8)11-5-3-4-10(13)12(11)16(17)18/h3-5,8-9,14H,6-7H2,1-2H3. The maximum atomic E-state index is 11.2. The number of hydrogen-bond donors (Lipinski definition) is 1. The lowest BCUT2D eigenvalue weighted by molar-refractivity contribution is -0.384. The third-order valence-electron chi connectivity index (χ3n) is 3.22. The number of nitrogens with zero attached hydrogens (tertiary/aromatic N) is 2. The zero-order valence-corrected chi connectivity index (χ0v) is 11.1. The minimum absolute atomic E-state index is 0.000108. The first kappa shape index (κ1) is 13.1. The molecule has 2 atom stereocenters. The molecule has 6 heteroatoms. The fourth-order valence-corrected chi connectivity index (χ4v) is 2.51. The van der Waals surface area contributed by atoms with Gasteiger partial charge in [-0.25, -0.2) is 0 Å². The number of hydrogen-bond acceptors (Lipinski definition) is 4. The molecule has 0 aliphatic carbocycles. The predicted octanol–water partition coefficient (Wildman–Crippen LogP) is 2.43. The predicted molar refractivity (Wildman–Crippen MR) is 72.4 cm³/mol. The molecule has 0 bridgehead atoms. The van der Waals surface area contributed by atoms with Gasteiger partial charge in [0.25, 0.3) is 0 Å². The van der Waals surface area contributed by atoms with Crippen LogP contribution in [0.3, 0.4) is 0 Å². The van der Waals surface area contributed by atoms with E-state index < -0.39 is 4.92 Å². The quantitative estimate of drug-likeness (QED) is 0.662. The molecule has 1 aromatic rings. The molecule has 1 aromatic carbocycles. The zero-order valence-electron chi connectivity index (χ0n) is 10.4. The first-order valence-corrected chi connectivity index (χ1v) is 6.31. The summed E-state index contributed by atoms with van der Waals surface area (Å²) in [6.07, 6.45) is 0.